The van der Waals surface area contributed by atoms with E-state index in [9.17, 15) is 0 Å². The number of hydrogen-bond donors (Lipinski definition) is 2. The maximum absolute atomic E-state index is 4.77. The molecule has 2 N–H and O–H groups in total. The van der Waals surface area contributed by atoms with Gasteiger partial charge in [-0.25, -0.2) is 9.98 Å². The van der Waals surface area contributed by atoms with Crippen LogP contribution in [-0.4, -0.2) is 55.1 Å². The monoisotopic (exact) mass is 522 g/mol. The van der Waals surface area contributed by atoms with Crippen molar-refractivity contribution in [2.24, 2.45) is 4.99 Å². The topological polar surface area (TPSA) is 55.8 Å². The molecule has 30 heavy (non-hydrogen) atoms. The van der Waals surface area contributed by atoms with Gasteiger partial charge >= 0.3 is 0 Å². The predicted octanol–water partition coefficient (Wildman–Crippen LogP) is 3.41. The third-order valence-electron chi connectivity index (χ3n) is 5.30. The van der Waals surface area contributed by atoms with Crippen LogP contribution in [0.15, 0.2) is 47.6 Å². The molecule has 1 saturated heterocycles. The summed E-state index contributed by atoms with van der Waals surface area (Å²) < 4.78 is 0. The van der Waals surface area contributed by atoms with E-state index in [0.717, 1.165) is 57.6 Å². The Morgan fingerprint density at radius 1 is 1.00 bits per heavy atom. The van der Waals surface area contributed by atoms with Gasteiger partial charge in [-0.15, -0.1) is 24.0 Å². The fraction of sp³-hybridized carbons (Fsp3) is 0.478. The lowest BCUT2D eigenvalue weighted by atomic mass is 10.1. The molecule has 3 rings (SSSR count). The Morgan fingerprint density at radius 2 is 1.73 bits per heavy atom. The molecular formula is C23H35IN6. The van der Waals surface area contributed by atoms with Crippen molar-refractivity contribution < 1.29 is 0 Å². The van der Waals surface area contributed by atoms with Crippen LogP contribution < -0.4 is 15.5 Å². The number of likely N-dealkylation sites (N-methyl/N-ethyl adjacent to an activating group) is 1. The average molecular weight is 522 g/mol. The van der Waals surface area contributed by atoms with Gasteiger partial charge in [-0.05, 0) is 43.7 Å². The minimum atomic E-state index is 0. The van der Waals surface area contributed by atoms with E-state index in [-0.39, 0.29) is 24.0 Å². The standard InChI is InChI=1S/C23H34N6.HI/c1-4-24-23(26-17-20-8-6-19(3)7-9-20)27-18-21-10-11-25-22(16-21)29-14-12-28(5-2)13-15-29;/h6-11,16H,4-5,12-15,17-18H2,1-3H3,(H2,24,26,27);1H. The summed E-state index contributed by atoms with van der Waals surface area (Å²) >= 11 is 0. The zero-order chi connectivity index (χ0) is 20.5. The zero-order valence-corrected chi connectivity index (χ0v) is 20.7. The van der Waals surface area contributed by atoms with Gasteiger partial charge in [-0.2, -0.15) is 0 Å². The highest BCUT2D eigenvalue weighted by Crippen LogP contribution is 2.15. The smallest absolute Gasteiger partial charge is 0.191 e. The van der Waals surface area contributed by atoms with E-state index in [0.29, 0.717) is 6.54 Å². The van der Waals surface area contributed by atoms with Crippen molar-refractivity contribution in [3.05, 3.63) is 59.3 Å². The average Bonchev–Trinajstić information content (AvgIpc) is 2.77. The van der Waals surface area contributed by atoms with Crippen LogP contribution in [0.4, 0.5) is 5.82 Å². The Kier molecular flexibility index (Phi) is 10.4. The molecule has 0 amide bonds. The molecule has 0 atom stereocenters. The molecule has 2 heterocycles. The van der Waals surface area contributed by atoms with Crippen molar-refractivity contribution in [2.45, 2.75) is 33.9 Å². The third kappa shape index (κ3) is 7.43. The summed E-state index contributed by atoms with van der Waals surface area (Å²) in [7, 11) is 0. The second kappa shape index (κ2) is 12.7. The van der Waals surface area contributed by atoms with Gasteiger partial charge < -0.3 is 20.4 Å². The molecule has 0 unspecified atom stereocenters. The van der Waals surface area contributed by atoms with Crippen LogP contribution >= 0.6 is 24.0 Å². The predicted molar refractivity (Wildman–Crippen MR) is 137 cm³/mol. The Hall–Kier alpha value is -1.87. The molecule has 0 spiro atoms. The molecule has 0 bridgehead atoms. The van der Waals surface area contributed by atoms with Crippen molar-refractivity contribution in [1.29, 1.82) is 0 Å². The van der Waals surface area contributed by atoms with Gasteiger partial charge in [0, 0.05) is 45.5 Å². The number of hydrogen-bond acceptors (Lipinski definition) is 4. The van der Waals surface area contributed by atoms with Gasteiger partial charge in [0.1, 0.15) is 5.82 Å². The van der Waals surface area contributed by atoms with Crippen LogP contribution in [0.1, 0.15) is 30.5 Å². The lowest BCUT2D eigenvalue weighted by molar-refractivity contribution is 0.270. The number of aromatic nitrogens is 1. The second-order valence-electron chi connectivity index (χ2n) is 7.48. The fourth-order valence-corrected chi connectivity index (χ4v) is 3.43. The summed E-state index contributed by atoms with van der Waals surface area (Å²) in [6.07, 6.45) is 1.90. The van der Waals surface area contributed by atoms with Crippen molar-refractivity contribution in [3.8, 4) is 0 Å². The molecule has 1 aliphatic rings. The highest BCUT2D eigenvalue weighted by Gasteiger charge is 2.16. The second-order valence-corrected chi connectivity index (χ2v) is 7.48. The number of rotatable bonds is 7. The number of halogens is 1. The lowest BCUT2D eigenvalue weighted by Gasteiger charge is -2.34. The number of pyridine rings is 1. The highest BCUT2D eigenvalue weighted by molar-refractivity contribution is 14.0. The summed E-state index contributed by atoms with van der Waals surface area (Å²) in [5, 5.41) is 6.75. The molecule has 1 fully saturated rings. The minimum Gasteiger partial charge on any atom is -0.357 e. The van der Waals surface area contributed by atoms with Crippen LogP contribution in [0.5, 0.6) is 0 Å². The number of guanidine groups is 1. The summed E-state index contributed by atoms with van der Waals surface area (Å²) in [6, 6.07) is 12.8. The maximum atomic E-state index is 4.77. The van der Waals surface area contributed by atoms with Gasteiger partial charge in [-0.3, -0.25) is 0 Å². The SMILES string of the molecule is CCNC(=NCc1ccnc(N2CCN(CC)CC2)c1)NCc1ccc(C)cc1.I. The summed E-state index contributed by atoms with van der Waals surface area (Å²) in [4.78, 5) is 14.2. The first-order valence-corrected chi connectivity index (χ1v) is 10.7. The number of piperazine rings is 1. The first kappa shape index (κ1) is 24.4. The van der Waals surface area contributed by atoms with Crippen molar-refractivity contribution in [1.82, 2.24) is 20.5 Å². The van der Waals surface area contributed by atoms with Crippen LogP contribution in [0, 0.1) is 6.92 Å². The van der Waals surface area contributed by atoms with Crippen molar-refractivity contribution in [3.63, 3.8) is 0 Å². The molecule has 0 saturated carbocycles. The molecule has 1 aliphatic heterocycles. The van der Waals surface area contributed by atoms with E-state index >= 15 is 0 Å². The molecule has 0 aliphatic carbocycles. The van der Waals surface area contributed by atoms with Crippen LogP contribution in [0.2, 0.25) is 0 Å². The van der Waals surface area contributed by atoms with E-state index in [4.69, 9.17) is 4.99 Å². The van der Waals surface area contributed by atoms with Crippen LogP contribution in [0.3, 0.4) is 0 Å². The summed E-state index contributed by atoms with van der Waals surface area (Å²) in [5.41, 5.74) is 3.71. The number of aryl methyl sites for hydroxylation is 1. The van der Waals surface area contributed by atoms with Gasteiger partial charge in [-0.1, -0.05) is 36.8 Å². The van der Waals surface area contributed by atoms with E-state index in [1.165, 1.54) is 16.7 Å². The molecule has 6 nitrogen and oxygen atoms in total. The minimum absolute atomic E-state index is 0. The van der Waals surface area contributed by atoms with Crippen molar-refractivity contribution in [2.75, 3.05) is 44.2 Å². The van der Waals surface area contributed by atoms with Gasteiger partial charge in [0.25, 0.3) is 0 Å². The van der Waals surface area contributed by atoms with E-state index in [1.807, 2.05) is 6.20 Å². The number of nitrogens with one attached hydrogen (secondary N) is 2. The molecular weight excluding hydrogens is 487 g/mol. The molecule has 1 aromatic heterocycles. The number of aliphatic imine (C=N–C) groups is 1. The Labute approximate surface area is 198 Å². The molecule has 0 radical (unpaired) electrons. The number of anilines is 1. The van der Waals surface area contributed by atoms with Gasteiger partial charge in [0.15, 0.2) is 5.96 Å². The Morgan fingerprint density at radius 3 is 2.40 bits per heavy atom. The van der Waals surface area contributed by atoms with E-state index in [2.05, 4.69) is 82.6 Å². The third-order valence-corrected chi connectivity index (χ3v) is 5.30. The molecule has 7 heteroatoms. The molecule has 1 aromatic carbocycles. The van der Waals surface area contributed by atoms with Crippen LogP contribution in [-0.2, 0) is 13.1 Å². The lowest BCUT2D eigenvalue weighted by Crippen LogP contribution is -2.46. The van der Waals surface area contributed by atoms with Gasteiger partial charge in [0.05, 0.1) is 6.54 Å². The first-order valence-electron chi connectivity index (χ1n) is 10.7. The normalized spacial score (nSPS) is 14.9. The van der Waals surface area contributed by atoms with Crippen molar-refractivity contribution >= 4 is 35.8 Å². The summed E-state index contributed by atoms with van der Waals surface area (Å²) in [6.45, 7) is 14.1. The quantitative estimate of drug-likeness (QED) is 0.332. The van der Waals surface area contributed by atoms with E-state index < -0.39 is 0 Å². The summed E-state index contributed by atoms with van der Waals surface area (Å²) in [5.74, 6) is 1.90. The molecule has 2 aromatic rings. The number of nitrogens with zero attached hydrogens (tertiary/aromatic N) is 4. The van der Waals surface area contributed by atoms with Crippen LogP contribution in [0.25, 0.3) is 0 Å². The van der Waals surface area contributed by atoms with Gasteiger partial charge in [0.2, 0.25) is 0 Å². The fourth-order valence-electron chi connectivity index (χ4n) is 3.43. The largest absolute Gasteiger partial charge is 0.357 e. The number of benzene rings is 1. The first-order chi connectivity index (χ1) is 14.2. The maximum Gasteiger partial charge on any atom is 0.191 e. The molecule has 164 valence electrons. The highest BCUT2D eigenvalue weighted by atomic mass is 127. The van der Waals surface area contributed by atoms with E-state index in [1.54, 1.807) is 0 Å². The zero-order valence-electron chi connectivity index (χ0n) is 18.4. The Bertz CT molecular complexity index is 785. The Balaban J connectivity index is 0.00000320.